The molecular formula is C14H17N3O. The molecule has 0 aliphatic heterocycles. The van der Waals surface area contributed by atoms with Gasteiger partial charge in [-0.3, -0.25) is 9.97 Å². The quantitative estimate of drug-likeness (QED) is 0.892. The summed E-state index contributed by atoms with van der Waals surface area (Å²) in [5.74, 6) is 0.855. The largest absolute Gasteiger partial charge is 0.496 e. The fraction of sp³-hybridized carbons (Fsp3) is 0.286. The van der Waals surface area contributed by atoms with E-state index < -0.39 is 0 Å². The van der Waals surface area contributed by atoms with Gasteiger partial charge in [0.15, 0.2) is 0 Å². The van der Waals surface area contributed by atoms with Crippen molar-refractivity contribution < 1.29 is 4.74 Å². The molecule has 0 aliphatic carbocycles. The van der Waals surface area contributed by atoms with E-state index in [2.05, 4.69) is 9.97 Å². The topological polar surface area (TPSA) is 61.0 Å². The molecule has 0 bridgehead atoms. The molecule has 0 amide bonds. The van der Waals surface area contributed by atoms with Crippen molar-refractivity contribution in [2.24, 2.45) is 5.73 Å². The van der Waals surface area contributed by atoms with Gasteiger partial charge in [-0.1, -0.05) is 18.2 Å². The molecule has 1 aromatic heterocycles. The lowest BCUT2D eigenvalue weighted by Gasteiger charge is -2.13. The van der Waals surface area contributed by atoms with Crippen LogP contribution >= 0.6 is 0 Å². The number of nitrogens with zero attached hydrogens (tertiary/aromatic N) is 2. The first kappa shape index (κ1) is 12.5. The van der Waals surface area contributed by atoms with E-state index in [4.69, 9.17) is 10.5 Å². The van der Waals surface area contributed by atoms with E-state index in [9.17, 15) is 0 Å². The molecule has 4 heteroatoms. The van der Waals surface area contributed by atoms with Crippen molar-refractivity contribution >= 4 is 0 Å². The lowest BCUT2D eigenvalue weighted by Crippen LogP contribution is -2.15. The van der Waals surface area contributed by atoms with Crippen LogP contribution in [0.4, 0.5) is 0 Å². The van der Waals surface area contributed by atoms with Gasteiger partial charge in [0, 0.05) is 6.20 Å². The van der Waals surface area contributed by atoms with Gasteiger partial charge in [0.25, 0.3) is 0 Å². The summed E-state index contributed by atoms with van der Waals surface area (Å²) < 4.78 is 5.31. The van der Waals surface area contributed by atoms with Gasteiger partial charge in [-0.05, 0) is 25.0 Å². The highest BCUT2D eigenvalue weighted by Gasteiger charge is 2.11. The normalized spacial score (nSPS) is 12.2. The van der Waals surface area contributed by atoms with Gasteiger partial charge in [-0.25, -0.2) is 0 Å². The molecule has 1 atom stereocenters. The van der Waals surface area contributed by atoms with E-state index in [1.807, 2.05) is 31.2 Å². The Kier molecular flexibility index (Phi) is 3.89. The van der Waals surface area contributed by atoms with Gasteiger partial charge in [0.05, 0.1) is 30.7 Å². The van der Waals surface area contributed by atoms with E-state index in [1.165, 1.54) is 0 Å². The van der Waals surface area contributed by atoms with Crippen molar-refractivity contribution in [1.29, 1.82) is 0 Å². The molecule has 94 valence electrons. The SMILES string of the molecule is COc1ccccc1CC(N)c1cnc(C)cn1. The summed E-state index contributed by atoms with van der Waals surface area (Å²) in [5.41, 5.74) is 8.91. The predicted molar refractivity (Wildman–Crippen MR) is 70.4 cm³/mol. The highest BCUT2D eigenvalue weighted by molar-refractivity contribution is 5.34. The first-order chi connectivity index (χ1) is 8.70. The van der Waals surface area contributed by atoms with Gasteiger partial charge in [-0.15, -0.1) is 0 Å². The minimum absolute atomic E-state index is 0.172. The van der Waals surface area contributed by atoms with Gasteiger partial charge in [0.2, 0.25) is 0 Å². The zero-order valence-corrected chi connectivity index (χ0v) is 10.6. The zero-order valence-electron chi connectivity index (χ0n) is 10.6. The number of hydrogen-bond donors (Lipinski definition) is 1. The Morgan fingerprint density at radius 2 is 2.00 bits per heavy atom. The van der Waals surface area contributed by atoms with Crippen molar-refractivity contribution in [3.63, 3.8) is 0 Å². The molecule has 1 heterocycles. The third kappa shape index (κ3) is 2.84. The van der Waals surface area contributed by atoms with Crippen molar-refractivity contribution in [3.8, 4) is 5.75 Å². The lowest BCUT2D eigenvalue weighted by molar-refractivity contribution is 0.408. The molecule has 2 N–H and O–H groups in total. The molecule has 2 aromatic rings. The highest BCUT2D eigenvalue weighted by Crippen LogP contribution is 2.22. The predicted octanol–water partition coefficient (Wildman–Crippen LogP) is 2.04. The summed E-state index contributed by atoms with van der Waals surface area (Å²) in [7, 11) is 1.66. The third-order valence-electron chi connectivity index (χ3n) is 2.81. The summed E-state index contributed by atoms with van der Waals surface area (Å²) in [6.45, 7) is 1.91. The van der Waals surface area contributed by atoms with Gasteiger partial charge in [0.1, 0.15) is 5.75 Å². The number of para-hydroxylation sites is 1. The van der Waals surface area contributed by atoms with Crippen LogP contribution in [0.5, 0.6) is 5.75 Å². The highest BCUT2D eigenvalue weighted by atomic mass is 16.5. The summed E-state index contributed by atoms with van der Waals surface area (Å²) >= 11 is 0. The maximum atomic E-state index is 6.14. The van der Waals surface area contributed by atoms with Crippen molar-refractivity contribution in [1.82, 2.24) is 9.97 Å². The average Bonchev–Trinajstić information content (AvgIpc) is 2.40. The van der Waals surface area contributed by atoms with Gasteiger partial charge in [-0.2, -0.15) is 0 Å². The van der Waals surface area contributed by atoms with Crippen molar-refractivity contribution in [2.45, 2.75) is 19.4 Å². The van der Waals surface area contributed by atoms with Crippen LogP contribution in [0, 0.1) is 6.92 Å². The van der Waals surface area contributed by atoms with E-state index in [0.29, 0.717) is 6.42 Å². The first-order valence-electron chi connectivity index (χ1n) is 5.86. The second-order valence-corrected chi connectivity index (χ2v) is 4.21. The second kappa shape index (κ2) is 5.60. The van der Waals surface area contributed by atoms with E-state index in [-0.39, 0.29) is 6.04 Å². The Morgan fingerprint density at radius 3 is 2.67 bits per heavy atom. The Morgan fingerprint density at radius 1 is 1.22 bits per heavy atom. The Labute approximate surface area is 107 Å². The molecule has 0 aliphatic rings. The molecule has 18 heavy (non-hydrogen) atoms. The van der Waals surface area contributed by atoms with E-state index in [1.54, 1.807) is 19.5 Å². The smallest absolute Gasteiger partial charge is 0.122 e. The Balaban J connectivity index is 2.15. The van der Waals surface area contributed by atoms with Gasteiger partial charge >= 0.3 is 0 Å². The number of ether oxygens (including phenoxy) is 1. The Hall–Kier alpha value is -1.94. The molecule has 2 rings (SSSR count). The number of rotatable bonds is 4. The van der Waals surface area contributed by atoms with Crippen LogP contribution in [-0.4, -0.2) is 17.1 Å². The molecule has 1 unspecified atom stereocenters. The molecule has 0 fully saturated rings. The summed E-state index contributed by atoms with van der Waals surface area (Å²) in [5, 5.41) is 0. The molecule has 1 aromatic carbocycles. The van der Waals surface area contributed by atoms with Crippen molar-refractivity contribution in [3.05, 3.63) is 53.6 Å². The second-order valence-electron chi connectivity index (χ2n) is 4.21. The van der Waals surface area contributed by atoms with E-state index in [0.717, 1.165) is 22.7 Å². The number of hydrogen-bond acceptors (Lipinski definition) is 4. The minimum Gasteiger partial charge on any atom is -0.496 e. The first-order valence-corrected chi connectivity index (χ1v) is 5.86. The molecule has 0 saturated heterocycles. The van der Waals surface area contributed by atoms with Crippen molar-refractivity contribution in [2.75, 3.05) is 7.11 Å². The Bertz CT molecular complexity index is 511. The molecule has 4 nitrogen and oxygen atoms in total. The van der Waals surface area contributed by atoms with E-state index >= 15 is 0 Å². The zero-order chi connectivity index (χ0) is 13.0. The fourth-order valence-electron chi connectivity index (χ4n) is 1.81. The number of aromatic nitrogens is 2. The summed E-state index contributed by atoms with van der Waals surface area (Å²) in [6, 6.07) is 7.70. The maximum absolute atomic E-state index is 6.14. The summed E-state index contributed by atoms with van der Waals surface area (Å²) in [6.07, 6.45) is 4.15. The van der Waals surface area contributed by atoms with Crippen LogP contribution in [-0.2, 0) is 6.42 Å². The lowest BCUT2D eigenvalue weighted by atomic mass is 10.0. The molecule has 0 radical (unpaired) electrons. The van der Waals surface area contributed by atoms with Gasteiger partial charge < -0.3 is 10.5 Å². The monoisotopic (exact) mass is 243 g/mol. The third-order valence-corrected chi connectivity index (χ3v) is 2.81. The maximum Gasteiger partial charge on any atom is 0.122 e. The number of nitrogens with two attached hydrogens (primary N) is 1. The van der Waals surface area contributed by atoms with Crippen LogP contribution in [0.1, 0.15) is 23.0 Å². The molecular weight excluding hydrogens is 226 g/mol. The molecule has 0 spiro atoms. The van der Waals surface area contributed by atoms with Crippen LogP contribution in [0.2, 0.25) is 0 Å². The molecule has 0 saturated carbocycles. The fourth-order valence-corrected chi connectivity index (χ4v) is 1.81. The number of methoxy groups -OCH3 is 1. The average molecular weight is 243 g/mol. The van der Waals surface area contributed by atoms with Crippen LogP contribution in [0.3, 0.4) is 0 Å². The number of aryl methyl sites for hydroxylation is 1. The summed E-state index contributed by atoms with van der Waals surface area (Å²) in [4.78, 5) is 8.51. The van der Waals surface area contributed by atoms with Crippen LogP contribution < -0.4 is 10.5 Å². The standard InChI is InChI=1S/C14H17N3O/c1-10-8-17-13(9-16-10)12(15)7-11-5-3-4-6-14(11)18-2/h3-6,8-9,12H,7,15H2,1-2H3. The minimum atomic E-state index is -0.172. The van der Waals surface area contributed by atoms with Crippen LogP contribution in [0.15, 0.2) is 36.7 Å². The van der Waals surface area contributed by atoms with Crippen LogP contribution in [0.25, 0.3) is 0 Å². The number of benzene rings is 1.